The lowest BCUT2D eigenvalue weighted by Crippen LogP contribution is -2.35. The summed E-state index contributed by atoms with van der Waals surface area (Å²) in [6.07, 6.45) is 2.74. The highest BCUT2D eigenvalue weighted by Gasteiger charge is 2.22. The Kier molecular flexibility index (Phi) is 7.13. The number of hydrogen-bond acceptors (Lipinski definition) is 8. The molecule has 172 valence electrons. The average Bonchev–Trinajstić information content (AvgIpc) is 3.11. The standard InChI is InChI=1S/C23H25N5O4S/c1-32-22(31)16-6-2-3-7-17(16)25-19(29)9-10-20(30)27-12-5-13-28(15-14-27)23-26-18-8-4-11-24-21(18)33-23/h2-4,6-8,11H,5,9-10,12-15H2,1H3,(H,25,29). The topological polar surface area (TPSA) is 105 Å². The number of carbonyl (C=O) groups excluding carboxylic acids is 3. The monoisotopic (exact) mass is 467 g/mol. The highest BCUT2D eigenvalue weighted by molar-refractivity contribution is 7.21. The van der Waals surface area contributed by atoms with Crippen molar-refractivity contribution in [2.45, 2.75) is 19.3 Å². The number of anilines is 2. The summed E-state index contributed by atoms with van der Waals surface area (Å²) < 4.78 is 4.74. The number of thiazole rings is 1. The van der Waals surface area contributed by atoms with Crippen molar-refractivity contribution in [2.24, 2.45) is 0 Å². The summed E-state index contributed by atoms with van der Waals surface area (Å²) >= 11 is 1.56. The first-order valence-corrected chi connectivity index (χ1v) is 11.6. The number of benzene rings is 1. The maximum absolute atomic E-state index is 12.7. The van der Waals surface area contributed by atoms with Crippen molar-refractivity contribution in [3.8, 4) is 0 Å². The number of fused-ring (bicyclic) bond motifs is 1. The van der Waals surface area contributed by atoms with Crippen LogP contribution in [0.1, 0.15) is 29.6 Å². The van der Waals surface area contributed by atoms with Crippen LogP contribution in [0.25, 0.3) is 10.3 Å². The highest BCUT2D eigenvalue weighted by Crippen LogP contribution is 2.27. The van der Waals surface area contributed by atoms with Gasteiger partial charge in [-0.05, 0) is 30.7 Å². The molecule has 0 bridgehead atoms. The lowest BCUT2D eigenvalue weighted by Gasteiger charge is -2.21. The molecule has 1 N–H and O–H groups in total. The lowest BCUT2D eigenvalue weighted by atomic mass is 10.1. The Hall–Kier alpha value is -3.53. The van der Waals surface area contributed by atoms with Gasteiger partial charge in [0.1, 0.15) is 10.3 Å². The molecule has 1 fully saturated rings. The van der Waals surface area contributed by atoms with E-state index in [2.05, 4.69) is 20.2 Å². The summed E-state index contributed by atoms with van der Waals surface area (Å²) in [6, 6.07) is 10.4. The van der Waals surface area contributed by atoms with Crippen molar-refractivity contribution in [1.82, 2.24) is 14.9 Å². The number of hydrogen-bond donors (Lipinski definition) is 1. The Balaban J connectivity index is 1.29. The number of nitrogens with one attached hydrogen (secondary N) is 1. The zero-order valence-corrected chi connectivity index (χ0v) is 19.1. The fourth-order valence-electron chi connectivity index (χ4n) is 3.72. The van der Waals surface area contributed by atoms with Gasteiger partial charge in [-0.2, -0.15) is 0 Å². The van der Waals surface area contributed by atoms with E-state index in [-0.39, 0.29) is 30.2 Å². The Labute approximate surface area is 195 Å². The van der Waals surface area contributed by atoms with Crippen molar-refractivity contribution in [3.05, 3.63) is 48.2 Å². The average molecular weight is 468 g/mol. The lowest BCUT2D eigenvalue weighted by molar-refractivity contribution is -0.132. The molecular formula is C23H25N5O4S. The normalized spacial score (nSPS) is 14.1. The second-order valence-corrected chi connectivity index (χ2v) is 8.59. The van der Waals surface area contributed by atoms with Crippen LogP contribution in [0, 0.1) is 0 Å². The van der Waals surface area contributed by atoms with E-state index in [1.165, 1.54) is 7.11 Å². The van der Waals surface area contributed by atoms with E-state index in [9.17, 15) is 14.4 Å². The number of amides is 2. The van der Waals surface area contributed by atoms with Gasteiger partial charge in [-0.15, -0.1) is 0 Å². The number of pyridine rings is 1. The summed E-state index contributed by atoms with van der Waals surface area (Å²) in [6.45, 7) is 2.72. The fourth-order valence-corrected chi connectivity index (χ4v) is 4.68. The quantitative estimate of drug-likeness (QED) is 0.556. The molecule has 1 saturated heterocycles. The zero-order valence-electron chi connectivity index (χ0n) is 18.3. The smallest absolute Gasteiger partial charge is 0.339 e. The van der Waals surface area contributed by atoms with Gasteiger partial charge in [0.05, 0.1) is 18.4 Å². The van der Waals surface area contributed by atoms with Crippen molar-refractivity contribution in [3.63, 3.8) is 0 Å². The van der Waals surface area contributed by atoms with E-state index >= 15 is 0 Å². The van der Waals surface area contributed by atoms with Gasteiger partial charge in [-0.3, -0.25) is 9.59 Å². The molecule has 1 aliphatic rings. The summed E-state index contributed by atoms with van der Waals surface area (Å²) in [7, 11) is 1.29. The van der Waals surface area contributed by atoms with Crippen molar-refractivity contribution < 1.29 is 19.1 Å². The van der Waals surface area contributed by atoms with Crippen LogP contribution in [0.5, 0.6) is 0 Å². The van der Waals surface area contributed by atoms with Gasteiger partial charge < -0.3 is 19.9 Å². The van der Waals surface area contributed by atoms with Crippen LogP contribution in [0.15, 0.2) is 42.6 Å². The second kappa shape index (κ2) is 10.4. The fraction of sp³-hybridized carbons (Fsp3) is 0.348. The van der Waals surface area contributed by atoms with Crippen LogP contribution in [0.4, 0.5) is 10.8 Å². The minimum atomic E-state index is -0.528. The molecule has 33 heavy (non-hydrogen) atoms. The molecule has 0 saturated carbocycles. The maximum Gasteiger partial charge on any atom is 0.339 e. The molecule has 0 radical (unpaired) electrons. The molecule has 3 aromatic rings. The first kappa shape index (κ1) is 22.7. The maximum atomic E-state index is 12.7. The number of ether oxygens (including phenoxy) is 1. The first-order valence-electron chi connectivity index (χ1n) is 10.8. The molecule has 3 heterocycles. The molecule has 2 aromatic heterocycles. The van der Waals surface area contributed by atoms with Gasteiger partial charge in [0.2, 0.25) is 11.8 Å². The molecule has 1 aromatic carbocycles. The van der Waals surface area contributed by atoms with Crippen LogP contribution in [-0.2, 0) is 14.3 Å². The van der Waals surface area contributed by atoms with Crippen LogP contribution < -0.4 is 10.2 Å². The summed E-state index contributed by atoms with van der Waals surface area (Å²) in [5.41, 5.74) is 1.53. The Morgan fingerprint density at radius 3 is 2.73 bits per heavy atom. The third-order valence-corrected chi connectivity index (χ3v) is 6.49. The SMILES string of the molecule is COC(=O)c1ccccc1NC(=O)CCC(=O)N1CCCN(c2nc3cccnc3s2)CC1. The number of para-hydroxylation sites is 1. The van der Waals surface area contributed by atoms with Crippen molar-refractivity contribution >= 4 is 50.3 Å². The molecule has 0 atom stereocenters. The van der Waals surface area contributed by atoms with Gasteiger partial charge in [-0.25, -0.2) is 14.8 Å². The van der Waals surface area contributed by atoms with Crippen LogP contribution in [-0.4, -0.2) is 65.9 Å². The number of esters is 1. The second-order valence-electron chi connectivity index (χ2n) is 7.63. The van der Waals surface area contributed by atoms with Crippen molar-refractivity contribution in [1.29, 1.82) is 0 Å². The molecule has 10 heteroatoms. The van der Waals surface area contributed by atoms with Crippen molar-refractivity contribution in [2.75, 3.05) is 43.5 Å². The number of carbonyl (C=O) groups is 3. The van der Waals surface area contributed by atoms with Gasteiger partial charge in [0.25, 0.3) is 0 Å². The van der Waals surface area contributed by atoms with Crippen LogP contribution in [0.2, 0.25) is 0 Å². The molecule has 1 aliphatic heterocycles. The number of methoxy groups -OCH3 is 1. The number of aromatic nitrogens is 2. The summed E-state index contributed by atoms with van der Waals surface area (Å²) in [4.78, 5) is 50.9. The molecule has 0 aliphatic carbocycles. The Bertz CT molecular complexity index is 1130. The predicted molar refractivity (Wildman–Crippen MR) is 126 cm³/mol. The van der Waals surface area contributed by atoms with Gasteiger partial charge in [0, 0.05) is 45.2 Å². The molecule has 4 rings (SSSR count). The summed E-state index contributed by atoms with van der Waals surface area (Å²) in [5.74, 6) is -0.905. The van der Waals surface area contributed by atoms with E-state index in [1.807, 2.05) is 12.1 Å². The first-order chi connectivity index (χ1) is 16.0. The van der Waals surface area contributed by atoms with E-state index in [1.54, 1.807) is 46.7 Å². The van der Waals surface area contributed by atoms with E-state index in [0.29, 0.717) is 25.3 Å². The van der Waals surface area contributed by atoms with Gasteiger partial charge in [0.15, 0.2) is 5.13 Å². The largest absolute Gasteiger partial charge is 0.465 e. The van der Waals surface area contributed by atoms with E-state index in [0.717, 1.165) is 28.4 Å². The van der Waals surface area contributed by atoms with E-state index in [4.69, 9.17) is 4.74 Å². The van der Waals surface area contributed by atoms with Gasteiger partial charge in [-0.1, -0.05) is 23.5 Å². The van der Waals surface area contributed by atoms with Crippen LogP contribution in [0.3, 0.4) is 0 Å². The molecule has 0 unspecified atom stereocenters. The highest BCUT2D eigenvalue weighted by atomic mass is 32.1. The predicted octanol–water partition coefficient (Wildman–Crippen LogP) is 2.94. The Morgan fingerprint density at radius 1 is 1.06 bits per heavy atom. The Morgan fingerprint density at radius 2 is 1.91 bits per heavy atom. The number of rotatable bonds is 6. The molecular weight excluding hydrogens is 442 g/mol. The van der Waals surface area contributed by atoms with Gasteiger partial charge >= 0.3 is 5.97 Å². The molecule has 9 nitrogen and oxygen atoms in total. The molecule has 2 amide bonds. The zero-order chi connectivity index (χ0) is 23.2. The summed E-state index contributed by atoms with van der Waals surface area (Å²) in [5, 5.41) is 3.62. The molecule has 0 spiro atoms. The van der Waals surface area contributed by atoms with E-state index < -0.39 is 5.97 Å². The third-order valence-electron chi connectivity index (χ3n) is 5.45. The minimum Gasteiger partial charge on any atom is -0.465 e. The minimum absolute atomic E-state index is 0.0398. The number of nitrogens with zero attached hydrogens (tertiary/aromatic N) is 4. The third kappa shape index (κ3) is 5.46. The van der Waals surface area contributed by atoms with Crippen LogP contribution >= 0.6 is 11.3 Å².